The summed E-state index contributed by atoms with van der Waals surface area (Å²) >= 11 is 0. The SMILES string of the molecule is C=C(NC(C)(C)C)c1ccccc1/C=C/C(C)Cc1ccccc1C(=C)NC(C)(C)C. The molecule has 166 valence electrons. The van der Waals surface area contributed by atoms with Crippen molar-refractivity contribution < 1.29 is 0 Å². The first kappa shape index (κ1) is 24.5. The Balaban J connectivity index is 2.17. The Morgan fingerprint density at radius 2 is 1.29 bits per heavy atom. The lowest BCUT2D eigenvalue weighted by atomic mass is 9.93. The molecule has 0 heterocycles. The average Bonchev–Trinajstić information content (AvgIpc) is 2.64. The van der Waals surface area contributed by atoms with E-state index in [0.717, 1.165) is 23.4 Å². The Morgan fingerprint density at radius 3 is 1.87 bits per heavy atom. The van der Waals surface area contributed by atoms with Gasteiger partial charge in [0.2, 0.25) is 0 Å². The van der Waals surface area contributed by atoms with Crippen molar-refractivity contribution in [2.75, 3.05) is 0 Å². The van der Waals surface area contributed by atoms with Crippen LogP contribution < -0.4 is 10.6 Å². The van der Waals surface area contributed by atoms with Crippen LogP contribution in [0.1, 0.15) is 70.7 Å². The van der Waals surface area contributed by atoms with Gasteiger partial charge in [0.1, 0.15) is 0 Å². The molecule has 2 aromatic rings. The summed E-state index contributed by atoms with van der Waals surface area (Å²) in [5, 5.41) is 7.01. The Bertz CT molecular complexity index is 936. The van der Waals surface area contributed by atoms with E-state index >= 15 is 0 Å². The maximum atomic E-state index is 4.29. The lowest BCUT2D eigenvalue weighted by Gasteiger charge is -2.25. The summed E-state index contributed by atoms with van der Waals surface area (Å²) in [6.45, 7) is 23.7. The smallest absolute Gasteiger partial charge is 0.0350 e. The standard InChI is InChI=1S/C29H40N2/c1-21(20-25-15-11-13-17-27(25)23(3)31-29(7,8)9)18-19-24-14-10-12-16-26(24)22(2)30-28(4,5)6/h10-19,21,30-31H,2-3,20H2,1,4-9H3/b19-18+. The van der Waals surface area contributed by atoms with Crippen LogP contribution in [0.2, 0.25) is 0 Å². The van der Waals surface area contributed by atoms with Crippen LogP contribution in [-0.2, 0) is 6.42 Å². The van der Waals surface area contributed by atoms with Gasteiger partial charge >= 0.3 is 0 Å². The Labute approximate surface area is 190 Å². The molecule has 0 aliphatic carbocycles. The zero-order chi connectivity index (χ0) is 23.2. The summed E-state index contributed by atoms with van der Waals surface area (Å²) in [4.78, 5) is 0. The molecule has 31 heavy (non-hydrogen) atoms. The van der Waals surface area contributed by atoms with E-state index in [4.69, 9.17) is 0 Å². The second kappa shape index (κ2) is 10.0. The molecule has 2 N–H and O–H groups in total. The minimum atomic E-state index is -0.0194. The predicted molar refractivity (Wildman–Crippen MR) is 139 cm³/mol. The quantitative estimate of drug-likeness (QED) is 0.472. The second-order valence-electron chi connectivity index (χ2n) is 10.5. The van der Waals surface area contributed by atoms with E-state index in [2.05, 4.69) is 133 Å². The number of hydrogen-bond donors (Lipinski definition) is 2. The van der Waals surface area contributed by atoms with Gasteiger partial charge in [0.25, 0.3) is 0 Å². The molecule has 0 saturated carbocycles. The summed E-state index contributed by atoms with van der Waals surface area (Å²) in [5.41, 5.74) is 6.74. The highest BCUT2D eigenvalue weighted by molar-refractivity contribution is 5.72. The van der Waals surface area contributed by atoms with Crippen molar-refractivity contribution in [1.82, 2.24) is 10.6 Å². The second-order valence-corrected chi connectivity index (χ2v) is 10.5. The summed E-state index contributed by atoms with van der Waals surface area (Å²) < 4.78 is 0. The first-order valence-corrected chi connectivity index (χ1v) is 11.2. The summed E-state index contributed by atoms with van der Waals surface area (Å²) in [6, 6.07) is 17.0. The van der Waals surface area contributed by atoms with Crippen LogP contribution in [-0.4, -0.2) is 11.1 Å². The van der Waals surface area contributed by atoms with E-state index in [1.54, 1.807) is 0 Å². The van der Waals surface area contributed by atoms with Gasteiger partial charge in [0.15, 0.2) is 0 Å². The fraction of sp³-hybridized carbons (Fsp3) is 0.379. The van der Waals surface area contributed by atoms with Crippen LogP contribution in [0.4, 0.5) is 0 Å². The molecule has 0 spiro atoms. The minimum absolute atomic E-state index is 0.0110. The van der Waals surface area contributed by atoms with Gasteiger partial charge < -0.3 is 10.6 Å². The molecule has 0 saturated heterocycles. The Hall–Kier alpha value is -2.74. The van der Waals surface area contributed by atoms with Crippen molar-refractivity contribution in [1.29, 1.82) is 0 Å². The van der Waals surface area contributed by atoms with Crippen molar-refractivity contribution in [2.24, 2.45) is 5.92 Å². The highest BCUT2D eigenvalue weighted by atomic mass is 15.0. The van der Waals surface area contributed by atoms with Crippen LogP contribution in [0.3, 0.4) is 0 Å². The van der Waals surface area contributed by atoms with Crippen molar-refractivity contribution in [2.45, 2.75) is 66.0 Å². The van der Waals surface area contributed by atoms with Gasteiger partial charge in [-0.05, 0) is 65.0 Å². The van der Waals surface area contributed by atoms with Crippen LogP contribution in [0.25, 0.3) is 17.5 Å². The molecule has 0 aromatic heterocycles. The molecule has 0 aliphatic heterocycles. The van der Waals surface area contributed by atoms with Crippen molar-refractivity contribution in [3.05, 3.63) is 90.0 Å². The van der Waals surface area contributed by atoms with E-state index in [9.17, 15) is 0 Å². The molecular weight excluding hydrogens is 376 g/mol. The highest BCUT2D eigenvalue weighted by Crippen LogP contribution is 2.24. The lowest BCUT2D eigenvalue weighted by Crippen LogP contribution is -2.34. The number of allylic oxidation sites excluding steroid dienone is 1. The van der Waals surface area contributed by atoms with Crippen molar-refractivity contribution in [3.8, 4) is 0 Å². The zero-order valence-electron chi connectivity index (χ0n) is 20.5. The Kier molecular flexibility index (Phi) is 7.95. The molecule has 2 nitrogen and oxygen atoms in total. The minimum Gasteiger partial charge on any atom is -0.380 e. The van der Waals surface area contributed by atoms with Gasteiger partial charge in [-0.1, -0.05) is 80.8 Å². The van der Waals surface area contributed by atoms with Gasteiger partial charge in [0, 0.05) is 33.6 Å². The third-order valence-electron chi connectivity index (χ3n) is 4.83. The zero-order valence-corrected chi connectivity index (χ0v) is 20.5. The number of benzene rings is 2. The van der Waals surface area contributed by atoms with Crippen molar-refractivity contribution >= 4 is 17.5 Å². The van der Waals surface area contributed by atoms with E-state index in [-0.39, 0.29) is 11.1 Å². The van der Waals surface area contributed by atoms with Gasteiger partial charge in [-0.2, -0.15) is 0 Å². The van der Waals surface area contributed by atoms with E-state index < -0.39 is 0 Å². The fourth-order valence-corrected chi connectivity index (χ4v) is 3.63. The third kappa shape index (κ3) is 8.13. The van der Waals surface area contributed by atoms with Crippen molar-refractivity contribution in [3.63, 3.8) is 0 Å². The monoisotopic (exact) mass is 416 g/mol. The lowest BCUT2D eigenvalue weighted by molar-refractivity contribution is 0.501. The summed E-state index contributed by atoms with van der Waals surface area (Å²) in [6.07, 6.45) is 5.47. The summed E-state index contributed by atoms with van der Waals surface area (Å²) in [7, 11) is 0. The first-order valence-electron chi connectivity index (χ1n) is 11.2. The molecule has 0 bridgehead atoms. The normalized spacial score (nSPS) is 13.1. The average molecular weight is 417 g/mol. The molecule has 1 unspecified atom stereocenters. The number of hydrogen-bond acceptors (Lipinski definition) is 2. The van der Waals surface area contributed by atoms with Crippen LogP contribution >= 0.6 is 0 Å². The molecule has 2 aromatic carbocycles. The maximum absolute atomic E-state index is 4.29. The molecule has 0 amide bonds. The van der Waals surface area contributed by atoms with Crippen LogP contribution in [0.5, 0.6) is 0 Å². The maximum Gasteiger partial charge on any atom is 0.0350 e. The van der Waals surface area contributed by atoms with Gasteiger partial charge in [-0.3, -0.25) is 0 Å². The largest absolute Gasteiger partial charge is 0.380 e. The summed E-state index contributed by atoms with van der Waals surface area (Å²) in [5.74, 6) is 0.389. The molecule has 2 rings (SSSR count). The van der Waals surface area contributed by atoms with Gasteiger partial charge in [-0.15, -0.1) is 0 Å². The van der Waals surface area contributed by atoms with Crippen LogP contribution in [0, 0.1) is 5.92 Å². The fourth-order valence-electron chi connectivity index (χ4n) is 3.63. The molecule has 0 radical (unpaired) electrons. The van der Waals surface area contributed by atoms with E-state index in [0.29, 0.717) is 5.92 Å². The van der Waals surface area contributed by atoms with E-state index in [1.165, 1.54) is 16.7 Å². The van der Waals surface area contributed by atoms with Gasteiger partial charge in [-0.25, -0.2) is 0 Å². The highest BCUT2D eigenvalue weighted by Gasteiger charge is 2.15. The number of nitrogens with one attached hydrogen (secondary N) is 2. The molecule has 1 atom stereocenters. The first-order chi connectivity index (χ1) is 14.4. The molecule has 0 aliphatic rings. The Morgan fingerprint density at radius 1 is 0.806 bits per heavy atom. The third-order valence-corrected chi connectivity index (χ3v) is 4.83. The predicted octanol–water partition coefficient (Wildman–Crippen LogP) is 7.30. The molecular formula is C29H40N2. The molecule has 2 heteroatoms. The van der Waals surface area contributed by atoms with Gasteiger partial charge in [0.05, 0.1) is 0 Å². The van der Waals surface area contributed by atoms with E-state index in [1.807, 2.05) is 0 Å². The number of rotatable bonds is 8. The van der Waals surface area contributed by atoms with Crippen LogP contribution in [0.15, 0.2) is 67.8 Å². The topological polar surface area (TPSA) is 24.1 Å². The molecule has 0 fully saturated rings.